The molecule has 8 nitrogen and oxygen atoms in total. The molecule has 262 valence electrons. The van der Waals surface area contributed by atoms with Crippen molar-refractivity contribution >= 4 is 5.97 Å². The van der Waals surface area contributed by atoms with E-state index in [4.69, 9.17) is 14.2 Å². The standard InChI is InChI=1S/C37H66O8/c1-3-4-5-6-7-8-12-15-18-31(39)35-23-24-36(45-35)33(41)21-20-32(40)34-22-19-30(44-34)17-14-11-9-10-13-16-29(38)26-28-25-27(2)43-37(28)42/h25,27,29-36,38-41H,3-24,26H2,1-2H3/t27?,29?,30-,31-,32+,33-,34+,35-,36-/m1/s1. The van der Waals surface area contributed by atoms with Gasteiger partial charge in [-0.05, 0) is 70.8 Å². The molecule has 2 unspecified atom stereocenters. The van der Waals surface area contributed by atoms with Crippen LogP contribution in [-0.2, 0) is 19.0 Å². The third-order valence-corrected chi connectivity index (χ3v) is 10.1. The van der Waals surface area contributed by atoms with Crippen LogP contribution in [0.5, 0.6) is 0 Å². The summed E-state index contributed by atoms with van der Waals surface area (Å²) < 4.78 is 17.3. The SMILES string of the molecule is CCCCCCCCCC[C@@H](O)[C@H]1CC[C@H]([C@H](O)CC[C@H](O)[C@@H]2CC[C@@H](CCCCCCCC(O)CC3=CC(C)OC3=O)O2)O1. The van der Waals surface area contributed by atoms with E-state index in [1.165, 1.54) is 38.5 Å². The van der Waals surface area contributed by atoms with E-state index in [0.29, 0.717) is 31.3 Å². The van der Waals surface area contributed by atoms with Crippen LogP contribution in [0.3, 0.4) is 0 Å². The molecule has 0 bridgehead atoms. The van der Waals surface area contributed by atoms with Crippen LogP contribution in [0.1, 0.15) is 162 Å². The Morgan fingerprint density at radius 3 is 1.78 bits per heavy atom. The van der Waals surface area contributed by atoms with Crippen LogP contribution in [0.4, 0.5) is 0 Å². The zero-order valence-corrected chi connectivity index (χ0v) is 28.5. The summed E-state index contributed by atoms with van der Waals surface area (Å²) in [5, 5.41) is 42.4. The topological polar surface area (TPSA) is 126 Å². The number of unbranched alkanes of at least 4 members (excludes halogenated alkanes) is 11. The number of carbonyl (C=O) groups is 1. The highest BCUT2D eigenvalue weighted by Gasteiger charge is 2.36. The molecule has 0 aromatic heterocycles. The number of esters is 1. The van der Waals surface area contributed by atoms with Gasteiger partial charge in [0.2, 0.25) is 0 Å². The summed E-state index contributed by atoms with van der Waals surface area (Å²) in [5.74, 6) is -0.295. The van der Waals surface area contributed by atoms with Gasteiger partial charge in [-0.25, -0.2) is 4.79 Å². The summed E-state index contributed by atoms with van der Waals surface area (Å²) in [4.78, 5) is 11.7. The maximum Gasteiger partial charge on any atom is 0.334 e. The number of rotatable bonds is 25. The van der Waals surface area contributed by atoms with Gasteiger partial charge in [0.25, 0.3) is 0 Å². The molecule has 0 amide bonds. The Hall–Kier alpha value is -1.03. The van der Waals surface area contributed by atoms with Crippen molar-refractivity contribution < 1.29 is 39.4 Å². The second-order valence-electron chi connectivity index (χ2n) is 14.2. The van der Waals surface area contributed by atoms with Gasteiger partial charge in [0.05, 0.1) is 48.8 Å². The fraction of sp³-hybridized carbons (Fsp3) is 0.919. The van der Waals surface area contributed by atoms with Crippen molar-refractivity contribution in [1.82, 2.24) is 0 Å². The molecule has 3 heterocycles. The third kappa shape index (κ3) is 14.7. The van der Waals surface area contributed by atoms with Crippen LogP contribution < -0.4 is 0 Å². The molecule has 0 spiro atoms. The number of aliphatic hydroxyl groups is 4. The van der Waals surface area contributed by atoms with Crippen molar-refractivity contribution in [3.8, 4) is 0 Å². The fourth-order valence-electron chi connectivity index (χ4n) is 7.29. The van der Waals surface area contributed by atoms with E-state index in [2.05, 4.69) is 6.92 Å². The largest absolute Gasteiger partial charge is 0.455 e. The minimum Gasteiger partial charge on any atom is -0.455 e. The molecule has 0 aliphatic carbocycles. The minimum atomic E-state index is -0.627. The lowest BCUT2D eigenvalue weighted by atomic mass is 9.98. The van der Waals surface area contributed by atoms with Gasteiger partial charge in [-0.15, -0.1) is 0 Å². The molecule has 0 saturated carbocycles. The van der Waals surface area contributed by atoms with Crippen molar-refractivity contribution in [2.24, 2.45) is 0 Å². The first-order valence-corrected chi connectivity index (χ1v) is 18.7. The van der Waals surface area contributed by atoms with E-state index in [9.17, 15) is 25.2 Å². The van der Waals surface area contributed by atoms with Gasteiger partial charge in [0.1, 0.15) is 6.10 Å². The van der Waals surface area contributed by atoms with Crippen molar-refractivity contribution in [3.05, 3.63) is 11.6 Å². The first-order chi connectivity index (χ1) is 21.8. The number of hydrogen-bond donors (Lipinski definition) is 4. The van der Waals surface area contributed by atoms with Gasteiger partial charge in [-0.1, -0.05) is 90.4 Å². The number of ether oxygens (including phenoxy) is 3. The Labute approximate surface area is 273 Å². The molecule has 3 rings (SSSR count). The van der Waals surface area contributed by atoms with Crippen LogP contribution in [0.15, 0.2) is 11.6 Å². The summed E-state index contributed by atoms with van der Waals surface area (Å²) in [5.41, 5.74) is 0.600. The summed E-state index contributed by atoms with van der Waals surface area (Å²) in [6, 6.07) is 0. The molecule has 3 aliphatic rings. The first-order valence-electron chi connectivity index (χ1n) is 18.7. The number of aliphatic hydroxyl groups excluding tert-OH is 4. The molecule has 2 saturated heterocycles. The normalized spacial score (nSPS) is 27.8. The molecule has 8 heteroatoms. The number of carbonyl (C=O) groups excluding carboxylic acids is 1. The van der Waals surface area contributed by atoms with E-state index >= 15 is 0 Å². The van der Waals surface area contributed by atoms with E-state index in [1.807, 2.05) is 6.92 Å². The van der Waals surface area contributed by atoms with Gasteiger partial charge in [-0.2, -0.15) is 0 Å². The highest BCUT2D eigenvalue weighted by Crippen LogP contribution is 2.31. The maximum absolute atomic E-state index is 11.7. The summed E-state index contributed by atoms with van der Waals surface area (Å²) >= 11 is 0. The Balaban J connectivity index is 1.16. The third-order valence-electron chi connectivity index (χ3n) is 10.1. The van der Waals surface area contributed by atoms with Crippen molar-refractivity contribution in [1.29, 1.82) is 0 Å². The Bertz CT molecular complexity index is 833. The van der Waals surface area contributed by atoms with Gasteiger partial charge < -0.3 is 34.6 Å². The molecular weight excluding hydrogens is 572 g/mol. The highest BCUT2D eigenvalue weighted by molar-refractivity contribution is 5.90. The molecule has 0 aromatic rings. The predicted octanol–water partition coefficient (Wildman–Crippen LogP) is 6.83. The summed E-state index contributed by atoms with van der Waals surface area (Å²) in [6.45, 7) is 4.07. The number of hydrogen-bond acceptors (Lipinski definition) is 8. The van der Waals surface area contributed by atoms with Gasteiger partial charge in [0.15, 0.2) is 0 Å². The van der Waals surface area contributed by atoms with E-state index in [-0.39, 0.29) is 36.5 Å². The second-order valence-corrected chi connectivity index (χ2v) is 14.2. The molecule has 0 radical (unpaired) electrons. The Kier molecular flexibility index (Phi) is 18.6. The fourth-order valence-corrected chi connectivity index (χ4v) is 7.29. The molecular formula is C37H66O8. The lowest BCUT2D eigenvalue weighted by Crippen LogP contribution is -2.33. The minimum absolute atomic E-state index is 0.162. The molecule has 4 N–H and O–H groups in total. The lowest BCUT2D eigenvalue weighted by Gasteiger charge is -2.24. The molecule has 3 aliphatic heterocycles. The Morgan fingerprint density at radius 1 is 0.667 bits per heavy atom. The average molecular weight is 639 g/mol. The van der Waals surface area contributed by atoms with Gasteiger partial charge >= 0.3 is 5.97 Å². The van der Waals surface area contributed by atoms with Gasteiger partial charge in [-0.3, -0.25) is 0 Å². The maximum atomic E-state index is 11.7. The molecule has 0 aromatic carbocycles. The monoisotopic (exact) mass is 638 g/mol. The zero-order valence-electron chi connectivity index (χ0n) is 28.5. The molecule has 9 atom stereocenters. The molecule has 45 heavy (non-hydrogen) atoms. The van der Waals surface area contributed by atoms with E-state index in [0.717, 1.165) is 83.5 Å². The van der Waals surface area contributed by atoms with Crippen molar-refractivity contribution in [2.45, 2.75) is 216 Å². The van der Waals surface area contributed by atoms with E-state index < -0.39 is 24.4 Å². The highest BCUT2D eigenvalue weighted by atomic mass is 16.5. The summed E-state index contributed by atoms with van der Waals surface area (Å²) in [7, 11) is 0. The van der Waals surface area contributed by atoms with Crippen LogP contribution >= 0.6 is 0 Å². The van der Waals surface area contributed by atoms with Crippen molar-refractivity contribution in [3.63, 3.8) is 0 Å². The smallest absolute Gasteiger partial charge is 0.334 e. The van der Waals surface area contributed by atoms with Crippen LogP contribution in [-0.4, -0.2) is 81.3 Å². The van der Waals surface area contributed by atoms with Crippen LogP contribution in [0, 0.1) is 0 Å². The van der Waals surface area contributed by atoms with Crippen LogP contribution in [0.2, 0.25) is 0 Å². The Morgan fingerprint density at radius 2 is 1.18 bits per heavy atom. The number of cyclic esters (lactones) is 1. The van der Waals surface area contributed by atoms with Crippen molar-refractivity contribution in [2.75, 3.05) is 0 Å². The summed E-state index contributed by atoms with van der Waals surface area (Å²) in [6.07, 6.45) is 21.6. The second kappa shape index (κ2) is 21.8. The predicted molar refractivity (Wildman–Crippen MR) is 177 cm³/mol. The molecule has 2 fully saturated rings. The van der Waals surface area contributed by atoms with E-state index in [1.54, 1.807) is 6.08 Å². The van der Waals surface area contributed by atoms with Crippen LogP contribution in [0.25, 0.3) is 0 Å². The quantitative estimate of drug-likeness (QED) is 0.0634. The zero-order chi connectivity index (χ0) is 32.4. The lowest BCUT2D eigenvalue weighted by molar-refractivity contribution is -0.139. The first kappa shape index (κ1) is 38.4. The van der Waals surface area contributed by atoms with Gasteiger partial charge in [0, 0.05) is 12.0 Å². The average Bonchev–Trinajstić information content (AvgIpc) is 3.77.